The Bertz CT molecular complexity index is 1410. The van der Waals surface area contributed by atoms with Crippen LogP contribution in [-0.2, 0) is 6.42 Å². The molecule has 1 aliphatic rings. The summed E-state index contributed by atoms with van der Waals surface area (Å²) in [6, 6.07) is 22.9. The van der Waals surface area contributed by atoms with Crippen molar-refractivity contribution in [1.82, 2.24) is 0 Å². The van der Waals surface area contributed by atoms with E-state index >= 15 is 0 Å². The van der Waals surface area contributed by atoms with Crippen molar-refractivity contribution in [1.29, 1.82) is 0 Å². The third kappa shape index (κ3) is 7.06. The van der Waals surface area contributed by atoms with E-state index in [9.17, 15) is 0 Å². The van der Waals surface area contributed by atoms with Crippen LogP contribution in [0.2, 0.25) is 12.1 Å². The van der Waals surface area contributed by atoms with E-state index in [1.807, 2.05) is 22.7 Å². The highest BCUT2D eigenvalue weighted by Gasteiger charge is 2.44. The van der Waals surface area contributed by atoms with Crippen LogP contribution in [0.15, 0.2) is 59.3 Å². The van der Waals surface area contributed by atoms with Crippen LogP contribution in [0.25, 0.3) is 32.0 Å². The molecule has 5 rings (SSSR count). The number of benzene rings is 2. The van der Waals surface area contributed by atoms with Gasteiger partial charge in [0.2, 0.25) is 0 Å². The third-order valence-electron chi connectivity index (χ3n) is 9.55. The van der Waals surface area contributed by atoms with Gasteiger partial charge in [0.1, 0.15) is 8.07 Å². The number of thiophene rings is 2. The lowest BCUT2D eigenvalue weighted by atomic mass is 10.0. The summed E-state index contributed by atoms with van der Waals surface area (Å²) in [4.78, 5) is 2.89. The molecule has 0 atom stereocenters. The van der Waals surface area contributed by atoms with Crippen molar-refractivity contribution in [2.75, 3.05) is 0 Å². The SMILES string of the molecule is CCCCCCc1csc(-c2ccc3c(c2)[Si](CCCCCC)(CCCCCC)c2cc(-c4cc(C)cs4)ccc2-3)c1. The Hall–Kier alpha value is -1.94. The average Bonchev–Trinajstić information content (AvgIpc) is 3.73. The first-order valence-corrected chi connectivity index (χ1v) is 21.2. The van der Waals surface area contributed by atoms with Crippen molar-refractivity contribution in [3.63, 3.8) is 0 Å². The fraction of sp³-hybridized carbons (Fsp3) is 0.487. The van der Waals surface area contributed by atoms with Crippen LogP contribution in [0.3, 0.4) is 0 Å². The maximum Gasteiger partial charge on any atom is 0.119 e. The summed E-state index contributed by atoms with van der Waals surface area (Å²) in [7, 11) is -1.91. The van der Waals surface area contributed by atoms with Gasteiger partial charge in [-0.2, -0.15) is 0 Å². The van der Waals surface area contributed by atoms with Crippen LogP contribution in [0.1, 0.15) is 109 Å². The maximum atomic E-state index is 2.68. The highest BCUT2D eigenvalue weighted by Crippen LogP contribution is 2.40. The van der Waals surface area contributed by atoms with Crippen molar-refractivity contribution >= 4 is 41.1 Å². The summed E-state index contributed by atoms with van der Waals surface area (Å²) in [5.74, 6) is 0. The van der Waals surface area contributed by atoms with E-state index in [0.29, 0.717) is 0 Å². The van der Waals surface area contributed by atoms with Gasteiger partial charge in [0.15, 0.2) is 0 Å². The lowest BCUT2D eigenvalue weighted by Crippen LogP contribution is -2.55. The van der Waals surface area contributed by atoms with E-state index in [4.69, 9.17) is 0 Å². The quantitative estimate of drug-likeness (QED) is 0.0822. The summed E-state index contributed by atoms with van der Waals surface area (Å²) < 4.78 is 0. The first-order chi connectivity index (χ1) is 20.6. The zero-order valence-electron chi connectivity index (χ0n) is 26.7. The van der Waals surface area contributed by atoms with E-state index < -0.39 is 8.07 Å². The highest BCUT2D eigenvalue weighted by molar-refractivity contribution is 7.14. The van der Waals surface area contributed by atoms with Gasteiger partial charge in [-0.15, -0.1) is 22.7 Å². The lowest BCUT2D eigenvalue weighted by molar-refractivity contribution is 0.667. The molecule has 2 aromatic heterocycles. The third-order valence-corrected chi connectivity index (χ3v) is 17.0. The Morgan fingerprint density at radius 1 is 0.548 bits per heavy atom. The molecule has 2 aromatic carbocycles. The molecule has 0 saturated carbocycles. The molecular weight excluding hydrogens is 561 g/mol. The van der Waals surface area contributed by atoms with E-state index in [1.165, 1.54) is 128 Å². The fourth-order valence-electron chi connectivity index (χ4n) is 7.17. The summed E-state index contributed by atoms with van der Waals surface area (Å²) in [5, 5.41) is 8.23. The molecule has 0 bridgehead atoms. The van der Waals surface area contributed by atoms with Crippen LogP contribution in [0, 0.1) is 6.92 Å². The number of aryl methyl sites for hydroxylation is 2. The van der Waals surface area contributed by atoms with Gasteiger partial charge >= 0.3 is 0 Å². The maximum absolute atomic E-state index is 2.68. The summed E-state index contributed by atoms with van der Waals surface area (Å²) in [6.45, 7) is 9.22. The minimum atomic E-state index is -1.91. The second-order valence-electron chi connectivity index (χ2n) is 12.8. The molecule has 0 amide bonds. The molecule has 0 fully saturated rings. The number of rotatable bonds is 17. The Labute approximate surface area is 265 Å². The lowest BCUT2D eigenvalue weighted by Gasteiger charge is -2.31. The molecular formula is C39H52S2Si. The monoisotopic (exact) mass is 612 g/mol. The van der Waals surface area contributed by atoms with Gasteiger partial charge in [0.05, 0.1) is 0 Å². The molecule has 0 N–H and O–H groups in total. The molecule has 0 radical (unpaired) electrons. The zero-order chi connectivity index (χ0) is 29.4. The number of hydrogen-bond donors (Lipinski definition) is 0. The van der Waals surface area contributed by atoms with Gasteiger partial charge in [-0.05, 0) is 98.5 Å². The Morgan fingerprint density at radius 3 is 1.60 bits per heavy atom. The van der Waals surface area contributed by atoms with Crippen molar-refractivity contribution < 1.29 is 0 Å². The number of hydrogen-bond acceptors (Lipinski definition) is 2. The topological polar surface area (TPSA) is 0 Å². The van der Waals surface area contributed by atoms with Crippen molar-refractivity contribution in [2.45, 2.75) is 123 Å². The molecule has 42 heavy (non-hydrogen) atoms. The van der Waals surface area contributed by atoms with Crippen LogP contribution >= 0.6 is 22.7 Å². The van der Waals surface area contributed by atoms with Crippen molar-refractivity contribution in [2.24, 2.45) is 0 Å². The van der Waals surface area contributed by atoms with E-state index in [1.54, 1.807) is 21.5 Å². The second kappa shape index (κ2) is 15.2. The molecule has 0 nitrogen and oxygen atoms in total. The standard InChI is InChI=1S/C39H52S2Si/c1-5-8-11-14-17-31-25-37(41-29-31)33-19-21-35-34-20-18-32(36-24-30(4)28-40-36)26-38(34)42(39(35)27-33,22-15-12-9-6-2)23-16-13-10-7-3/h18-21,24-29H,5-17,22-23H2,1-4H3. The predicted molar refractivity (Wildman–Crippen MR) is 194 cm³/mol. The molecule has 0 saturated heterocycles. The van der Waals surface area contributed by atoms with Crippen LogP contribution in [0.4, 0.5) is 0 Å². The minimum absolute atomic E-state index is 1.23. The molecule has 0 aliphatic carbocycles. The summed E-state index contributed by atoms with van der Waals surface area (Å²) in [5.41, 5.74) is 8.91. The zero-order valence-corrected chi connectivity index (χ0v) is 29.3. The molecule has 0 unspecified atom stereocenters. The van der Waals surface area contributed by atoms with Gasteiger partial charge in [0, 0.05) is 9.75 Å². The van der Waals surface area contributed by atoms with Gasteiger partial charge in [-0.3, -0.25) is 0 Å². The smallest absolute Gasteiger partial charge is 0.119 e. The van der Waals surface area contributed by atoms with E-state index in [2.05, 4.69) is 87.0 Å². The largest absolute Gasteiger partial charge is 0.144 e. The van der Waals surface area contributed by atoms with Gasteiger partial charge in [-0.25, -0.2) is 0 Å². The minimum Gasteiger partial charge on any atom is -0.144 e. The van der Waals surface area contributed by atoms with Crippen LogP contribution in [-0.4, -0.2) is 8.07 Å². The molecule has 3 heteroatoms. The summed E-state index contributed by atoms with van der Waals surface area (Å²) in [6.07, 6.45) is 17.4. The summed E-state index contributed by atoms with van der Waals surface area (Å²) >= 11 is 3.87. The molecule has 224 valence electrons. The first-order valence-electron chi connectivity index (χ1n) is 17.0. The van der Waals surface area contributed by atoms with E-state index in [-0.39, 0.29) is 0 Å². The average molecular weight is 613 g/mol. The second-order valence-corrected chi connectivity index (χ2v) is 18.9. The number of fused-ring (bicyclic) bond motifs is 3. The first kappa shape index (κ1) is 31.5. The normalized spacial score (nSPS) is 13.4. The van der Waals surface area contributed by atoms with Crippen molar-refractivity contribution in [3.8, 4) is 32.0 Å². The van der Waals surface area contributed by atoms with Gasteiger partial charge in [0.25, 0.3) is 0 Å². The molecule has 0 spiro atoms. The predicted octanol–water partition coefficient (Wildman–Crippen LogP) is 12.3. The van der Waals surface area contributed by atoms with Gasteiger partial charge < -0.3 is 0 Å². The molecule has 4 aromatic rings. The Kier molecular flexibility index (Phi) is 11.4. The Balaban J connectivity index is 1.55. The van der Waals surface area contributed by atoms with Crippen LogP contribution < -0.4 is 10.4 Å². The van der Waals surface area contributed by atoms with E-state index in [0.717, 1.165) is 0 Å². The van der Waals surface area contributed by atoms with Crippen molar-refractivity contribution in [3.05, 3.63) is 70.4 Å². The highest BCUT2D eigenvalue weighted by atomic mass is 32.1. The number of unbranched alkanes of at least 4 members (excludes halogenated alkanes) is 9. The Morgan fingerprint density at radius 2 is 1.07 bits per heavy atom. The fourth-order valence-corrected chi connectivity index (χ4v) is 14.7. The molecule has 3 heterocycles. The molecule has 1 aliphatic heterocycles. The van der Waals surface area contributed by atoms with Gasteiger partial charge in [-0.1, -0.05) is 128 Å². The van der Waals surface area contributed by atoms with Crippen LogP contribution in [0.5, 0.6) is 0 Å².